The molecule has 4 rings (SSSR count). The van der Waals surface area contributed by atoms with Crippen LogP contribution in [-0.4, -0.2) is 18.3 Å². The molecule has 1 aliphatic carbocycles. The van der Waals surface area contributed by atoms with E-state index < -0.39 is 17.5 Å². The standard InChI is InChI=1S/C30H31F3O3/c1-2-3-4-17-35-28-16-13-24(18-27(28)31)36-19-20-5-7-21(8-6-20)25-14-15-26(30(33)29(25)32)22-9-11-23(34)12-10-22/h2,9-16,18,20-21,34H,1,3-8,17,19H2. The summed E-state index contributed by atoms with van der Waals surface area (Å²) in [5.41, 5.74) is 1.10. The lowest BCUT2D eigenvalue weighted by Gasteiger charge is -2.29. The Morgan fingerprint density at radius 1 is 0.889 bits per heavy atom. The maximum Gasteiger partial charge on any atom is 0.168 e. The molecule has 0 bridgehead atoms. The number of phenolic OH excluding ortho intramolecular Hbond substituents is 1. The zero-order valence-electron chi connectivity index (χ0n) is 20.2. The van der Waals surface area contributed by atoms with E-state index in [0.29, 0.717) is 30.1 Å². The van der Waals surface area contributed by atoms with Crippen molar-refractivity contribution in [2.45, 2.75) is 44.4 Å². The van der Waals surface area contributed by atoms with Crippen LogP contribution in [0.1, 0.15) is 50.0 Å². The van der Waals surface area contributed by atoms with E-state index in [1.165, 1.54) is 18.2 Å². The molecule has 0 aromatic heterocycles. The van der Waals surface area contributed by atoms with E-state index in [1.54, 1.807) is 42.5 Å². The summed E-state index contributed by atoms with van der Waals surface area (Å²) in [5.74, 6) is -1.18. The summed E-state index contributed by atoms with van der Waals surface area (Å²) < 4.78 is 55.4. The van der Waals surface area contributed by atoms with Gasteiger partial charge in [-0.3, -0.25) is 0 Å². The molecule has 36 heavy (non-hydrogen) atoms. The van der Waals surface area contributed by atoms with Crippen molar-refractivity contribution in [1.29, 1.82) is 0 Å². The molecule has 0 unspecified atom stereocenters. The third-order valence-corrected chi connectivity index (χ3v) is 6.78. The second kappa shape index (κ2) is 12.0. The molecule has 0 amide bonds. The summed E-state index contributed by atoms with van der Waals surface area (Å²) >= 11 is 0. The topological polar surface area (TPSA) is 38.7 Å². The van der Waals surface area contributed by atoms with Gasteiger partial charge in [-0.25, -0.2) is 13.2 Å². The van der Waals surface area contributed by atoms with Crippen LogP contribution in [0.5, 0.6) is 17.2 Å². The number of phenols is 1. The molecule has 0 saturated heterocycles. The Kier molecular flexibility index (Phi) is 8.57. The Bertz CT molecular complexity index is 1170. The van der Waals surface area contributed by atoms with Crippen molar-refractivity contribution in [3.8, 4) is 28.4 Å². The lowest BCUT2D eigenvalue weighted by atomic mass is 9.78. The minimum atomic E-state index is -0.862. The molecular weight excluding hydrogens is 465 g/mol. The molecule has 1 fully saturated rings. The lowest BCUT2D eigenvalue weighted by Crippen LogP contribution is -2.20. The Morgan fingerprint density at radius 3 is 2.33 bits per heavy atom. The minimum Gasteiger partial charge on any atom is -0.508 e. The van der Waals surface area contributed by atoms with Crippen molar-refractivity contribution >= 4 is 0 Å². The maximum atomic E-state index is 15.0. The fourth-order valence-electron chi connectivity index (χ4n) is 4.70. The molecule has 3 aromatic carbocycles. The van der Waals surface area contributed by atoms with Crippen LogP contribution >= 0.6 is 0 Å². The van der Waals surface area contributed by atoms with Gasteiger partial charge < -0.3 is 14.6 Å². The molecule has 190 valence electrons. The van der Waals surface area contributed by atoms with Gasteiger partial charge >= 0.3 is 0 Å². The fourth-order valence-corrected chi connectivity index (χ4v) is 4.70. The monoisotopic (exact) mass is 496 g/mol. The summed E-state index contributed by atoms with van der Waals surface area (Å²) in [7, 11) is 0. The molecule has 0 radical (unpaired) electrons. The summed E-state index contributed by atoms with van der Waals surface area (Å²) in [6.07, 6.45) is 6.50. The molecule has 0 spiro atoms. The average Bonchev–Trinajstić information content (AvgIpc) is 2.89. The van der Waals surface area contributed by atoms with Crippen molar-refractivity contribution in [1.82, 2.24) is 0 Å². The van der Waals surface area contributed by atoms with Crippen LogP contribution in [0.4, 0.5) is 13.2 Å². The molecule has 1 N–H and O–H groups in total. The highest BCUT2D eigenvalue weighted by Crippen LogP contribution is 2.39. The number of allylic oxidation sites excluding steroid dienone is 1. The van der Waals surface area contributed by atoms with Gasteiger partial charge in [0.1, 0.15) is 11.5 Å². The summed E-state index contributed by atoms with van der Waals surface area (Å²) in [5, 5.41) is 9.43. The normalized spacial score (nSPS) is 17.5. The second-order valence-electron chi connectivity index (χ2n) is 9.28. The Morgan fingerprint density at radius 2 is 1.64 bits per heavy atom. The molecule has 1 saturated carbocycles. The zero-order chi connectivity index (χ0) is 25.5. The van der Waals surface area contributed by atoms with Crippen molar-refractivity contribution in [3.05, 3.63) is 90.3 Å². The van der Waals surface area contributed by atoms with E-state index in [-0.39, 0.29) is 28.9 Å². The Balaban J connectivity index is 1.30. The van der Waals surface area contributed by atoms with E-state index in [9.17, 15) is 18.3 Å². The number of hydrogen-bond acceptors (Lipinski definition) is 3. The van der Waals surface area contributed by atoms with Crippen LogP contribution in [0.15, 0.2) is 67.3 Å². The number of benzene rings is 3. The fraction of sp³-hybridized carbons (Fsp3) is 0.333. The first-order valence-electron chi connectivity index (χ1n) is 12.4. The number of aromatic hydroxyl groups is 1. The molecule has 6 heteroatoms. The highest BCUT2D eigenvalue weighted by molar-refractivity contribution is 5.65. The van der Waals surface area contributed by atoms with Crippen LogP contribution in [0.25, 0.3) is 11.1 Å². The van der Waals surface area contributed by atoms with Crippen molar-refractivity contribution in [2.24, 2.45) is 5.92 Å². The van der Waals surface area contributed by atoms with E-state index >= 15 is 0 Å². The molecule has 3 aromatic rings. The first-order valence-corrected chi connectivity index (χ1v) is 12.4. The maximum absolute atomic E-state index is 15.0. The van der Waals surface area contributed by atoms with Crippen LogP contribution in [-0.2, 0) is 0 Å². The summed E-state index contributed by atoms with van der Waals surface area (Å²) in [6, 6.07) is 13.9. The quantitative estimate of drug-likeness (QED) is 0.227. The van der Waals surface area contributed by atoms with E-state index in [4.69, 9.17) is 9.47 Å². The highest BCUT2D eigenvalue weighted by Gasteiger charge is 2.27. The first kappa shape index (κ1) is 25.7. The van der Waals surface area contributed by atoms with E-state index in [1.807, 2.05) is 0 Å². The third-order valence-electron chi connectivity index (χ3n) is 6.78. The summed E-state index contributed by atoms with van der Waals surface area (Å²) in [4.78, 5) is 0. The lowest BCUT2D eigenvalue weighted by molar-refractivity contribution is 0.198. The molecule has 0 atom stereocenters. The van der Waals surface area contributed by atoms with Crippen molar-refractivity contribution in [3.63, 3.8) is 0 Å². The number of unbranched alkanes of at least 4 members (excludes halogenated alkanes) is 1. The van der Waals surface area contributed by atoms with Crippen LogP contribution in [0, 0.1) is 23.4 Å². The van der Waals surface area contributed by atoms with Gasteiger partial charge in [0.2, 0.25) is 0 Å². The predicted octanol–water partition coefficient (Wildman–Crippen LogP) is 8.17. The largest absolute Gasteiger partial charge is 0.508 e. The van der Waals surface area contributed by atoms with Gasteiger partial charge in [-0.05, 0) is 85.8 Å². The second-order valence-corrected chi connectivity index (χ2v) is 9.28. The van der Waals surface area contributed by atoms with Gasteiger partial charge in [-0.1, -0.05) is 30.3 Å². The molecule has 1 aliphatic rings. The Labute approximate surface area is 210 Å². The van der Waals surface area contributed by atoms with Gasteiger partial charge in [0.05, 0.1) is 13.2 Å². The highest BCUT2D eigenvalue weighted by atomic mass is 19.2. The van der Waals surface area contributed by atoms with Gasteiger partial charge in [0.25, 0.3) is 0 Å². The molecular formula is C30H31F3O3. The molecule has 0 heterocycles. The first-order chi connectivity index (χ1) is 17.5. The van der Waals surface area contributed by atoms with Gasteiger partial charge in [0, 0.05) is 11.6 Å². The third kappa shape index (κ3) is 6.23. The van der Waals surface area contributed by atoms with Gasteiger partial charge in [-0.15, -0.1) is 6.58 Å². The van der Waals surface area contributed by atoms with Gasteiger partial charge in [-0.2, -0.15) is 0 Å². The minimum absolute atomic E-state index is 0.0559. The SMILES string of the molecule is C=CCCCOc1ccc(OCC2CCC(c3ccc(-c4ccc(O)cc4)c(F)c3F)CC2)cc1F. The molecule has 0 aliphatic heterocycles. The van der Waals surface area contributed by atoms with Crippen molar-refractivity contribution in [2.75, 3.05) is 13.2 Å². The average molecular weight is 497 g/mol. The number of rotatable bonds is 10. The van der Waals surface area contributed by atoms with E-state index in [2.05, 4.69) is 6.58 Å². The van der Waals surface area contributed by atoms with Crippen LogP contribution in [0.2, 0.25) is 0 Å². The summed E-state index contributed by atoms with van der Waals surface area (Å²) in [6.45, 7) is 4.53. The predicted molar refractivity (Wildman–Crippen MR) is 135 cm³/mol. The smallest absolute Gasteiger partial charge is 0.168 e. The zero-order valence-corrected chi connectivity index (χ0v) is 20.2. The van der Waals surface area contributed by atoms with Crippen LogP contribution in [0.3, 0.4) is 0 Å². The van der Waals surface area contributed by atoms with Crippen molar-refractivity contribution < 1.29 is 27.8 Å². The molecule has 3 nitrogen and oxygen atoms in total. The van der Waals surface area contributed by atoms with Crippen LogP contribution < -0.4 is 9.47 Å². The van der Waals surface area contributed by atoms with Gasteiger partial charge in [0.15, 0.2) is 23.2 Å². The number of halogens is 3. The number of ether oxygens (including phenoxy) is 2. The number of hydrogen-bond donors (Lipinski definition) is 1. The van der Waals surface area contributed by atoms with E-state index in [0.717, 1.165) is 38.5 Å². The Hall–Kier alpha value is -3.41.